The molecule has 0 fully saturated rings. The van der Waals surface area contributed by atoms with E-state index in [4.69, 9.17) is 0 Å². The zero-order valence-electron chi connectivity index (χ0n) is 30.8. The van der Waals surface area contributed by atoms with Crippen molar-refractivity contribution in [1.29, 1.82) is 0 Å². The maximum atomic E-state index is 12.5. The van der Waals surface area contributed by atoms with Gasteiger partial charge in [-0.3, -0.25) is 9.35 Å². The molecule has 1 amide bonds. The van der Waals surface area contributed by atoms with Gasteiger partial charge in [-0.05, 0) is 19.3 Å². The largest absolute Gasteiger partial charge is 0.387 e. The van der Waals surface area contributed by atoms with E-state index < -0.39 is 40.0 Å². The first-order valence-electron chi connectivity index (χ1n) is 20.0. The minimum absolute atomic E-state index is 0.284. The van der Waals surface area contributed by atoms with Crippen LogP contribution in [0.25, 0.3) is 0 Å². The first kappa shape index (κ1) is 46.0. The van der Waals surface area contributed by atoms with Gasteiger partial charge in [0.25, 0.3) is 10.1 Å². The number of unbranched alkanes of at least 4 members (excludes halogenated alkanes) is 27. The zero-order chi connectivity index (χ0) is 34.9. The third-order valence-corrected chi connectivity index (χ3v) is 10.1. The third-order valence-electron chi connectivity index (χ3n) is 9.32. The quantitative estimate of drug-likeness (QED) is 0.0295. The number of amides is 1. The molecule has 0 aliphatic rings. The predicted molar refractivity (Wildman–Crippen MR) is 199 cm³/mol. The highest BCUT2D eigenvalue weighted by atomic mass is 32.2. The maximum Gasteiger partial charge on any atom is 0.267 e. The van der Waals surface area contributed by atoms with E-state index in [-0.39, 0.29) is 6.42 Å². The molecule has 0 aliphatic heterocycles. The Labute approximate surface area is 291 Å². The van der Waals surface area contributed by atoms with Crippen molar-refractivity contribution in [3.63, 3.8) is 0 Å². The van der Waals surface area contributed by atoms with E-state index in [1.807, 2.05) is 0 Å². The van der Waals surface area contributed by atoms with Gasteiger partial charge < -0.3 is 15.5 Å². The summed E-state index contributed by atoms with van der Waals surface area (Å²) in [6, 6.07) is -1.23. The van der Waals surface area contributed by atoms with Crippen LogP contribution in [0.2, 0.25) is 0 Å². The molecule has 0 aliphatic carbocycles. The lowest BCUT2D eigenvalue weighted by Gasteiger charge is -2.22. The molecule has 7 nitrogen and oxygen atoms in total. The first-order valence-corrected chi connectivity index (χ1v) is 21.6. The highest BCUT2D eigenvalue weighted by Crippen LogP contribution is 2.16. The maximum absolute atomic E-state index is 12.5. The molecular weight excluding hydrogens is 610 g/mol. The van der Waals surface area contributed by atoms with Gasteiger partial charge in [0.05, 0.1) is 17.9 Å². The molecule has 3 atom stereocenters. The summed E-state index contributed by atoms with van der Waals surface area (Å²) >= 11 is 0. The van der Waals surface area contributed by atoms with Crippen LogP contribution in [-0.4, -0.2) is 53.1 Å². The second-order valence-electron chi connectivity index (χ2n) is 14.1. The number of aliphatic hydroxyl groups is 2. The number of hydrogen-bond donors (Lipinski definition) is 4. The number of allylic oxidation sites excluding steroid dienone is 1. The Balaban J connectivity index is 4.01. The molecule has 3 unspecified atom stereocenters. The van der Waals surface area contributed by atoms with Crippen LogP contribution in [0.1, 0.15) is 206 Å². The van der Waals surface area contributed by atoms with Crippen LogP contribution in [0, 0.1) is 0 Å². The third kappa shape index (κ3) is 33.3. The number of rotatable bonds is 36. The van der Waals surface area contributed by atoms with Gasteiger partial charge in [-0.1, -0.05) is 199 Å². The van der Waals surface area contributed by atoms with Crippen LogP contribution in [0.5, 0.6) is 0 Å². The fourth-order valence-electron chi connectivity index (χ4n) is 6.22. The molecule has 0 aromatic heterocycles. The van der Waals surface area contributed by atoms with Gasteiger partial charge in [0.2, 0.25) is 5.91 Å². The summed E-state index contributed by atoms with van der Waals surface area (Å²) in [7, 11) is -4.43. The van der Waals surface area contributed by atoms with Crippen molar-refractivity contribution in [3.8, 4) is 0 Å². The number of nitrogens with one attached hydrogen (secondary N) is 1. The normalized spacial score (nSPS) is 14.1. The van der Waals surface area contributed by atoms with Crippen molar-refractivity contribution in [2.45, 2.75) is 225 Å². The van der Waals surface area contributed by atoms with Gasteiger partial charge in [-0.2, -0.15) is 8.42 Å². The lowest BCUT2D eigenvalue weighted by molar-refractivity contribution is -0.130. The Bertz CT molecular complexity index is 818. The molecule has 0 bridgehead atoms. The van der Waals surface area contributed by atoms with Gasteiger partial charge >= 0.3 is 0 Å². The average Bonchev–Trinajstić information content (AvgIpc) is 3.03. The molecule has 0 spiro atoms. The van der Waals surface area contributed by atoms with Gasteiger partial charge in [-0.25, -0.2) is 0 Å². The van der Waals surface area contributed by atoms with Crippen molar-refractivity contribution in [2.24, 2.45) is 0 Å². The smallest absolute Gasteiger partial charge is 0.267 e. The standard InChI is InChI=1S/C39H77NO6S/c1-3-5-7-9-11-13-15-16-17-18-19-20-21-22-24-25-27-29-31-33-37(41)36(35-47(44,45)46)40-39(43)38(42)34-32-30-28-26-23-14-12-10-8-6-4-2/h31,33,36-38,41-42H,3-30,32,34-35H2,1-2H3,(H,40,43)(H,44,45,46)/b33-31+. The fraction of sp³-hybridized carbons (Fsp3) is 0.923. The lowest BCUT2D eigenvalue weighted by atomic mass is 10.0. The Kier molecular flexibility index (Phi) is 32.8. The summed E-state index contributed by atoms with van der Waals surface area (Å²) in [5.41, 5.74) is 0. The Morgan fingerprint density at radius 1 is 0.574 bits per heavy atom. The molecular formula is C39H77NO6S. The summed E-state index contributed by atoms with van der Waals surface area (Å²) in [6.45, 7) is 4.49. The van der Waals surface area contributed by atoms with Crippen LogP contribution < -0.4 is 5.32 Å². The molecule has 0 radical (unpaired) electrons. The molecule has 47 heavy (non-hydrogen) atoms. The summed E-state index contributed by atoms with van der Waals surface area (Å²) in [5, 5.41) is 23.3. The topological polar surface area (TPSA) is 124 Å². The van der Waals surface area contributed by atoms with E-state index in [9.17, 15) is 28.0 Å². The lowest BCUT2D eigenvalue weighted by Crippen LogP contribution is -2.50. The van der Waals surface area contributed by atoms with Crippen molar-refractivity contribution in [3.05, 3.63) is 12.2 Å². The van der Waals surface area contributed by atoms with Crippen LogP contribution in [-0.2, 0) is 14.9 Å². The van der Waals surface area contributed by atoms with Crippen molar-refractivity contribution >= 4 is 16.0 Å². The van der Waals surface area contributed by atoms with Crippen LogP contribution in [0.15, 0.2) is 12.2 Å². The van der Waals surface area contributed by atoms with Gasteiger partial charge in [-0.15, -0.1) is 0 Å². The Hall–Kier alpha value is -0.960. The van der Waals surface area contributed by atoms with E-state index in [1.54, 1.807) is 6.08 Å². The fourth-order valence-corrected chi connectivity index (χ4v) is 6.96. The highest BCUT2D eigenvalue weighted by Gasteiger charge is 2.27. The van der Waals surface area contributed by atoms with Crippen LogP contribution in [0.4, 0.5) is 0 Å². The summed E-state index contributed by atoms with van der Waals surface area (Å²) in [4.78, 5) is 12.5. The molecule has 4 N–H and O–H groups in total. The average molecular weight is 688 g/mol. The highest BCUT2D eigenvalue weighted by molar-refractivity contribution is 7.85. The summed E-state index contributed by atoms with van der Waals surface area (Å²) in [6.07, 6.45) is 37.0. The monoisotopic (exact) mass is 688 g/mol. The van der Waals surface area contributed by atoms with Crippen molar-refractivity contribution in [1.82, 2.24) is 5.32 Å². The SMILES string of the molecule is CCCCCCCCCCCCCCCCCCC/C=C/C(O)C(CS(=O)(=O)O)NC(=O)C(O)CCCCCCCCCCCCC. The number of hydrogen-bond acceptors (Lipinski definition) is 5. The summed E-state index contributed by atoms with van der Waals surface area (Å²) in [5.74, 6) is -1.53. The minimum Gasteiger partial charge on any atom is -0.387 e. The van der Waals surface area contributed by atoms with E-state index in [2.05, 4.69) is 19.2 Å². The van der Waals surface area contributed by atoms with E-state index in [0.717, 1.165) is 38.5 Å². The molecule has 0 rings (SSSR count). The molecule has 0 saturated carbocycles. The Morgan fingerprint density at radius 2 is 0.915 bits per heavy atom. The predicted octanol–water partition coefficient (Wildman–Crippen LogP) is 10.4. The van der Waals surface area contributed by atoms with Gasteiger partial charge in [0.1, 0.15) is 6.10 Å². The second kappa shape index (κ2) is 33.5. The first-order chi connectivity index (χ1) is 22.7. The van der Waals surface area contributed by atoms with Crippen LogP contribution >= 0.6 is 0 Å². The van der Waals surface area contributed by atoms with E-state index >= 15 is 0 Å². The van der Waals surface area contributed by atoms with Crippen molar-refractivity contribution in [2.75, 3.05) is 5.75 Å². The molecule has 0 saturated heterocycles. The van der Waals surface area contributed by atoms with Crippen molar-refractivity contribution < 1.29 is 28.0 Å². The number of carbonyl (C=O) groups is 1. The van der Waals surface area contributed by atoms with E-state index in [1.165, 1.54) is 147 Å². The van der Waals surface area contributed by atoms with Crippen LogP contribution in [0.3, 0.4) is 0 Å². The van der Waals surface area contributed by atoms with E-state index in [0.29, 0.717) is 6.42 Å². The molecule has 0 aromatic carbocycles. The Morgan fingerprint density at radius 3 is 1.28 bits per heavy atom. The zero-order valence-corrected chi connectivity index (χ0v) is 31.6. The summed E-state index contributed by atoms with van der Waals surface area (Å²) < 4.78 is 32.4. The number of carbonyl (C=O) groups excluding carboxylic acids is 1. The molecule has 8 heteroatoms. The molecule has 280 valence electrons. The minimum atomic E-state index is -4.43. The van der Waals surface area contributed by atoms with Gasteiger partial charge in [0.15, 0.2) is 0 Å². The second-order valence-corrected chi connectivity index (χ2v) is 15.6. The number of aliphatic hydroxyl groups excluding tert-OH is 2. The molecule has 0 aromatic rings. The molecule has 0 heterocycles. The van der Waals surface area contributed by atoms with Gasteiger partial charge in [0, 0.05) is 0 Å².